The minimum absolute atomic E-state index is 0.00681. The van der Waals surface area contributed by atoms with Gasteiger partial charge in [-0.05, 0) is 56.8 Å². The van der Waals surface area contributed by atoms with Crippen molar-refractivity contribution in [2.24, 2.45) is 5.41 Å². The second kappa shape index (κ2) is 9.49. The number of hydrogen-bond acceptors (Lipinski definition) is 3. The largest absolute Gasteiger partial charge is 0.416 e. The van der Waals surface area contributed by atoms with E-state index in [9.17, 15) is 0 Å². The van der Waals surface area contributed by atoms with E-state index >= 15 is 0 Å². The molecule has 0 bridgehead atoms. The monoisotopic (exact) mass is 434 g/mol. The molecule has 0 heterocycles. The second-order valence-corrected chi connectivity index (χ2v) is 14.5. The van der Waals surface area contributed by atoms with Crippen LogP contribution in [0, 0.1) is 5.41 Å². The zero-order valence-electron chi connectivity index (χ0n) is 17.6. The van der Waals surface area contributed by atoms with Crippen molar-refractivity contribution in [2.75, 3.05) is 18.5 Å². The maximum atomic E-state index is 6.61. The van der Waals surface area contributed by atoms with Crippen LogP contribution in [0.15, 0.2) is 11.6 Å². The molecule has 1 fully saturated rings. The third kappa shape index (κ3) is 6.45. The van der Waals surface area contributed by atoms with E-state index in [0.29, 0.717) is 6.61 Å². The molecule has 1 saturated carbocycles. The molecule has 3 nitrogen and oxygen atoms in total. The predicted octanol–water partition coefficient (Wildman–Crippen LogP) is 6.29. The number of hydrogen-bond donors (Lipinski definition) is 0. The fourth-order valence-corrected chi connectivity index (χ4v) is 4.68. The average Bonchev–Trinajstić information content (AvgIpc) is 2.48. The molecule has 1 unspecified atom stereocenters. The van der Waals surface area contributed by atoms with Gasteiger partial charge in [0.2, 0.25) is 0 Å². The Morgan fingerprint density at radius 3 is 2.52 bits per heavy atom. The first-order chi connectivity index (χ1) is 11.5. The fraction of sp³-hybridized carbons (Fsp3) is 0.900. The first-order valence-electron chi connectivity index (χ1n) is 9.63. The summed E-state index contributed by atoms with van der Waals surface area (Å²) < 4.78 is 18.7. The third-order valence-electron chi connectivity index (χ3n) is 5.82. The molecule has 25 heavy (non-hydrogen) atoms. The van der Waals surface area contributed by atoms with Crippen molar-refractivity contribution in [1.82, 2.24) is 0 Å². The van der Waals surface area contributed by atoms with Crippen LogP contribution >= 0.6 is 15.9 Å². The summed E-state index contributed by atoms with van der Waals surface area (Å²) in [6.45, 7) is 19.3. The molecule has 5 heteroatoms. The summed E-state index contributed by atoms with van der Waals surface area (Å²) >= 11 is 3.56. The van der Waals surface area contributed by atoms with Gasteiger partial charge in [0, 0.05) is 24.0 Å². The summed E-state index contributed by atoms with van der Waals surface area (Å²) in [5.74, 6) is 0. The quantitative estimate of drug-likeness (QED) is 0.194. The zero-order chi connectivity index (χ0) is 19.3. The van der Waals surface area contributed by atoms with Crippen LogP contribution in [-0.2, 0) is 13.9 Å². The van der Waals surface area contributed by atoms with Gasteiger partial charge in [0.1, 0.15) is 0 Å². The van der Waals surface area contributed by atoms with E-state index in [2.05, 4.69) is 62.8 Å². The van der Waals surface area contributed by atoms with Crippen molar-refractivity contribution < 1.29 is 13.9 Å². The first-order valence-corrected chi connectivity index (χ1v) is 13.7. The van der Waals surface area contributed by atoms with Gasteiger partial charge in [0.05, 0.1) is 6.10 Å². The topological polar surface area (TPSA) is 27.7 Å². The number of ether oxygens (including phenoxy) is 2. The van der Waals surface area contributed by atoms with Crippen molar-refractivity contribution in [3.8, 4) is 0 Å². The highest BCUT2D eigenvalue weighted by Gasteiger charge is 2.44. The van der Waals surface area contributed by atoms with Crippen molar-refractivity contribution in [2.45, 2.75) is 91.3 Å². The summed E-state index contributed by atoms with van der Waals surface area (Å²) in [6.07, 6.45) is 5.56. The highest BCUT2D eigenvalue weighted by Crippen LogP contribution is 2.44. The number of rotatable bonds is 8. The standard InChI is InChI=1S/C20H39BrO3Si/c1-9-22-16(2)24-18-17(12-14-21)11-10-13-20(18,6)15-23-25(7,8)19(3,4)5/h12,16,18H,9-11,13-15H2,1-8H3/b17-12-/t16?,18-,20-/m1/s1. The van der Waals surface area contributed by atoms with E-state index in [4.69, 9.17) is 13.9 Å². The lowest BCUT2D eigenvalue weighted by atomic mass is 9.71. The third-order valence-corrected chi connectivity index (χ3v) is 10.6. The molecule has 1 aliphatic rings. The Kier molecular flexibility index (Phi) is 8.87. The molecule has 0 amide bonds. The van der Waals surface area contributed by atoms with Crippen LogP contribution < -0.4 is 0 Å². The fourth-order valence-electron chi connectivity index (χ4n) is 3.14. The molecule has 0 N–H and O–H groups in total. The molecule has 3 atom stereocenters. The van der Waals surface area contributed by atoms with Crippen LogP contribution in [0.5, 0.6) is 0 Å². The summed E-state index contributed by atoms with van der Waals surface area (Å²) in [5, 5.41) is 1.09. The van der Waals surface area contributed by atoms with E-state index in [1.807, 2.05) is 13.8 Å². The van der Waals surface area contributed by atoms with Crippen molar-refractivity contribution in [3.05, 3.63) is 11.6 Å². The molecule has 0 saturated heterocycles. The van der Waals surface area contributed by atoms with Gasteiger partial charge in [-0.3, -0.25) is 0 Å². The van der Waals surface area contributed by atoms with Crippen molar-refractivity contribution in [1.29, 1.82) is 0 Å². The smallest absolute Gasteiger partial charge is 0.192 e. The van der Waals surface area contributed by atoms with E-state index < -0.39 is 8.32 Å². The molecule has 0 aromatic rings. The van der Waals surface area contributed by atoms with Gasteiger partial charge in [-0.15, -0.1) is 0 Å². The van der Waals surface area contributed by atoms with E-state index in [0.717, 1.165) is 24.8 Å². The number of allylic oxidation sites excluding steroid dienone is 1. The van der Waals surface area contributed by atoms with Crippen LogP contribution in [0.3, 0.4) is 0 Å². The molecule has 0 spiro atoms. The Morgan fingerprint density at radius 2 is 2.00 bits per heavy atom. The summed E-state index contributed by atoms with van der Waals surface area (Å²) in [5.41, 5.74) is 1.38. The maximum absolute atomic E-state index is 6.61. The molecular weight excluding hydrogens is 396 g/mol. The minimum Gasteiger partial charge on any atom is -0.416 e. The summed E-state index contributed by atoms with van der Waals surface area (Å²) in [7, 11) is -1.78. The normalized spacial score (nSPS) is 28.4. The number of halogens is 1. The van der Waals surface area contributed by atoms with E-state index in [1.54, 1.807) is 0 Å². The SMILES string of the molecule is CCOC(C)O[C@@H]1/C(=C\CBr)CCC[C@]1(C)CO[Si](C)(C)C(C)(C)C. The molecule has 0 radical (unpaired) electrons. The van der Waals surface area contributed by atoms with Crippen LogP contribution in [-0.4, -0.2) is 39.3 Å². The Morgan fingerprint density at radius 1 is 1.36 bits per heavy atom. The molecular formula is C20H39BrO3Si. The van der Waals surface area contributed by atoms with Gasteiger partial charge in [-0.1, -0.05) is 49.7 Å². The lowest BCUT2D eigenvalue weighted by molar-refractivity contribution is -0.184. The molecule has 1 aliphatic carbocycles. The van der Waals surface area contributed by atoms with Crippen molar-refractivity contribution >= 4 is 24.2 Å². The lowest BCUT2D eigenvalue weighted by Crippen LogP contribution is -2.49. The Labute approximate surface area is 165 Å². The van der Waals surface area contributed by atoms with Crippen LogP contribution in [0.4, 0.5) is 0 Å². The highest BCUT2D eigenvalue weighted by molar-refractivity contribution is 9.09. The van der Waals surface area contributed by atoms with E-state index in [1.165, 1.54) is 12.0 Å². The maximum Gasteiger partial charge on any atom is 0.192 e. The Balaban J connectivity index is 2.98. The molecule has 148 valence electrons. The molecule has 0 aliphatic heterocycles. The van der Waals surface area contributed by atoms with E-state index in [-0.39, 0.29) is 22.8 Å². The van der Waals surface area contributed by atoms with Crippen LogP contribution in [0.25, 0.3) is 0 Å². The summed E-state index contributed by atoms with van der Waals surface area (Å²) in [4.78, 5) is 0. The van der Waals surface area contributed by atoms with Gasteiger partial charge in [-0.25, -0.2) is 0 Å². The van der Waals surface area contributed by atoms with Gasteiger partial charge in [-0.2, -0.15) is 0 Å². The van der Waals surface area contributed by atoms with Gasteiger partial charge >= 0.3 is 0 Å². The zero-order valence-corrected chi connectivity index (χ0v) is 20.2. The minimum atomic E-state index is -1.78. The van der Waals surface area contributed by atoms with Crippen LogP contribution in [0.2, 0.25) is 18.1 Å². The molecule has 0 aromatic heterocycles. The highest BCUT2D eigenvalue weighted by atomic mass is 79.9. The van der Waals surface area contributed by atoms with Gasteiger partial charge < -0.3 is 13.9 Å². The first kappa shape index (κ1) is 23.4. The molecule has 1 rings (SSSR count). The average molecular weight is 436 g/mol. The Bertz CT molecular complexity index is 445. The lowest BCUT2D eigenvalue weighted by Gasteiger charge is -2.46. The number of alkyl halides is 1. The van der Waals surface area contributed by atoms with Crippen LogP contribution in [0.1, 0.15) is 60.8 Å². The Hall–Kier alpha value is 0.317. The van der Waals surface area contributed by atoms with Gasteiger partial charge in [0.25, 0.3) is 0 Å². The second-order valence-electron chi connectivity index (χ2n) is 9.03. The summed E-state index contributed by atoms with van der Waals surface area (Å²) in [6, 6.07) is 0. The predicted molar refractivity (Wildman–Crippen MR) is 113 cm³/mol. The van der Waals surface area contributed by atoms with Gasteiger partial charge in [0.15, 0.2) is 14.6 Å². The molecule has 0 aromatic carbocycles. The van der Waals surface area contributed by atoms with Crippen molar-refractivity contribution in [3.63, 3.8) is 0 Å².